The molecule has 0 atom stereocenters. The SMILES string of the molecule is O=C(N/N=C/c1ccc(-c2ccc(F)cc2)o1)c1ccc(NS(=O)(=O)c2ccc(Br)cc2)cc1. The number of benzene rings is 3. The highest BCUT2D eigenvalue weighted by atomic mass is 79.9. The number of halogens is 2. The van der Waals surface area contributed by atoms with E-state index in [4.69, 9.17) is 4.42 Å². The molecule has 0 fully saturated rings. The first kappa shape index (κ1) is 23.4. The number of anilines is 1. The van der Waals surface area contributed by atoms with Crippen LogP contribution in [0.1, 0.15) is 16.1 Å². The van der Waals surface area contributed by atoms with Crippen LogP contribution in [0.15, 0.2) is 104 Å². The maximum absolute atomic E-state index is 13.0. The lowest BCUT2D eigenvalue weighted by molar-refractivity contribution is 0.0955. The van der Waals surface area contributed by atoms with Gasteiger partial charge in [0, 0.05) is 21.3 Å². The molecule has 4 aromatic rings. The molecule has 0 saturated carbocycles. The zero-order valence-electron chi connectivity index (χ0n) is 17.4. The summed E-state index contributed by atoms with van der Waals surface area (Å²) in [6, 6.07) is 21.4. The van der Waals surface area contributed by atoms with E-state index in [-0.39, 0.29) is 16.3 Å². The van der Waals surface area contributed by atoms with Gasteiger partial charge < -0.3 is 4.42 Å². The Labute approximate surface area is 203 Å². The quantitative estimate of drug-likeness (QED) is 0.241. The molecule has 0 unspecified atom stereocenters. The van der Waals surface area contributed by atoms with Gasteiger partial charge in [0.15, 0.2) is 0 Å². The van der Waals surface area contributed by atoms with E-state index >= 15 is 0 Å². The highest BCUT2D eigenvalue weighted by molar-refractivity contribution is 9.10. The standard InChI is InChI=1S/C24H17BrFN3O4S/c25-18-5-12-22(13-6-18)34(31,32)29-20-9-3-17(4-10-20)24(30)28-27-15-21-11-14-23(33-21)16-1-7-19(26)8-2-16/h1-15,29H,(H,28,30)/b27-15+. The Hall–Kier alpha value is -3.76. The number of rotatable bonds is 7. The first-order chi connectivity index (χ1) is 16.3. The fourth-order valence-corrected chi connectivity index (χ4v) is 4.25. The maximum Gasteiger partial charge on any atom is 0.271 e. The average Bonchev–Trinajstić information content (AvgIpc) is 3.29. The van der Waals surface area contributed by atoms with E-state index in [2.05, 4.69) is 31.2 Å². The number of nitrogens with one attached hydrogen (secondary N) is 2. The first-order valence-electron chi connectivity index (χ1n) is 9.88. The molecule has 10 heteroatoms. The molecule has 7 nitrogen and oxygen atoms in total. The summed E-state index contributed by atoms with van der Waals surface area (Å²) in [6.07, 6.45) is 1.34. The zero-order valence-corrected chi connectivity index (χ0v) is 19.8. The molecule has 3 aromatic carbocycles. The molecule has 0 aliphatic rings. The molecule has 1 amide bonds. The molecule has 1 aromatic heterocycles. The van der Waals surface area contributed by atoms with Gasteiger partial charge in [-0.3, -0.25) is 9.52 Å². The van der Waals surface area contributed by atoms with Gasteiger partial charge in [-0.05, 0) is 84.9 Å². The van der Waals surface area contributed by atoms with Crippen molar-refractivity contribution in [1.82, 2.24) is 5.43 Å². The third-order valence-corrected chi connectivity index (χ3v) is 6.56. The molecule has 34 heavy (non-hydrogen) atoms. The summed E-state index contributed by atoms with van der Waals surface area (Å²) in [7, 11) is -3.75. The highest BCUT2D eigenvalue weighted by Crippen LogP contribution is 2.22. The molecule has 172 valence electrons. The van der Waals surface area contributed by atoms with Crippen molar-refractivity contribution in [2.45, 2.75) is 4.90 Å². The molecule has 4 rings (SSSR count). The lowest BCUT2D eigenvalue weighted by Gasteiger charge is -2.08. The van der Waals surface area contributed by atoms with Crippen LogP contribution in [0.25, 0.3) is 11.3 Å². The van der Waals surface area contributed by atoms with Gasteiger partial charge >= 0.3 is 0 Å². The van der Waals surface area contributed by atoms with Gasteiger partial charge in [-0.2, -0.15) is 5.10 Å². The summed E-state index contributed by atoms with van der Waals surface area (Å²) >= 11 is 3.26. The smallest absolute Gasteiger partial charge is 0.271 e. The van der Waals surface area contributed by atoms with Crippen molar-refractivity contribution in [3.63, 3.8) is 0 Å². The van der Waals surface area contributed by atoms with Gasteiger partial charge in [0.05, 0.1) is 11.1 Å². The summed E-state index contributed by atoms with van der Waals surface area (Å²) < 4.78 is 46.8. The Morgan fingerprint density at radius 1 is 0.912 bits per heavy atom. The van der Waals surface area contributed by atoms with Gasteiger partial charge in [-0.25, -0.2) is 18.2 Å². The number of furan rings is 1. The first-order valence-corrected chi connectivity index (χ1v) is 12.2. The number of carbonyl (C=O) groups is 1. The van der Waals surface area contributed by atoms with E-state index in [9.17, 15) is 17.6 Å². The van der Waals surface area contributed by atoms with Crippen LogP contribution in [0.4, 0.5) is 10.1 Å². The minimum Gasteiger partial charge on any atom is -0.455 e. The van der Waals surface area contributed by atoms with Crippen LogP contribution in [0.3, 0.4) is 0 Å². The lowest BCUT2D eigenvalue weighted by atomic mass is 10.2. The monoisotopic (exact) mass is 541 g/mol. The number of sulfonamides is 1. The van der Waals surface area contributed by atoms with Gasteiger partial charge in [0.1, 0.15) is 17.3 Å². The van der Waals surface area contributed by atoms with Crippen molar-refractivity contribution in [3.05, 3.63) is 107 Å². The molecule has 0 aliphatic carbocycles. The fourth-order valence-electron chi connectivity index (χ4n) is 2.93. The van der Waals surface area contributed by atoms with E-state index in [0.717, 1.165) is 4.47 Å². The van der Waals surface area contributed by atoms with Crippen LogP contribution >= 0.6 is 15.9 Å². The number of hydrazone groups is 1. The lowest BCUT2D eigenvalue weighted by Crippen LogP contribution is -2.18. The molecule has 0 saturated heterocycles. The highest BCUT2D eigenvalue weighted by Gasteiger charge is 2.14. The molecule has 0 spiro atoms. The minimum absolute atomic E-state index is 0.118. The molecule has 0 aliphatic heterocycles. The van der Waals surface area contributed by atoms with Gasteiger partial charge in [0.2, 0.25) is 0 Å². The molecular weight excluding hydrogens is 525 g/mol. The third kappa shape index (κ3) is 5.77. The van der Waals surface area contributed by atoms with Crippen LogP contribution < -0.4 is 10.1 Å². The second-order valence-electron chi connectivity index (χ2n) is 7.04. The largest absolute Gasteiger partial charge is 0.455 e. The summed E-state index contributed by atoms with van der Waals surface area (Å²) in [5.41, 5.74) is 3.69. The number of carbonyl (C=O) groups excluding carboxylic acids is 1. The Kier molecular flexibility index (Phi) is 6.90. The summed E-state index contributed by atoms with van der Waals surface area (Å²) in [5.74, 6) is 0.116. The Morgan fingerprint density at radius 3 is 2.26 bits per heavy atom. The Balaban J connectivity index is 1.35. The van der Waals surface area contributed by atoms with Gasteiger partial charge in [-0.1, -0.05) is 15.9 Å². The molecule has 2 N–H and O–H groups in total. The van der Waals surface area contributed by atoms with Crippen LogP contribution in [-0.2, 0) is 10.0 Å². The summed E-state index contributed by atoms with van der Waals surface area (Å²) in [4.78, 5) is 12.4. The van der Waals surface area contributed by atoms with Crippen molar-refractivity contribution in [2.75, 3.05) is 4.72 Å². The van der Waals surface area contributed by atoms with E-state index in [1.165, 1.54) is 54.7 Å². The van der Waals surface area contributed by atoms with Crippen LogP contribution in [-0.4, -0.2) is 20.5 Å². The van der Waals surface area contributed by atoms with Gasteiger partial charge in [0.25, 0.3) is 15.9 Å². The fraction of sp³-hybridized carbons (Fsp3) is 0. The normalized spacial score (nSPS) is 11.5. The third-order valence-electron chi connectivity index (χ3n) is 4.64. The predicted molar refractivity (Wildman–Crippen MR) is 131 cm³/mol. The molecule has 1 heterocycles. The second-order valence-corrected chi connectivity index (χ2v) is 9.64. The van der Waals surface area contributed by atoms with Crippen molar-refractivity contribution in [2.24, 2.45) is 5.10 Å². The van der Waals surface area contributed by atoms with Crippen molar-refractivity contribution < 1.29 is 22.0 Å². The number of nitrogens with zero attached hydrogens (tertiary/aromatic N) is 1. The predicted octanol–water partition coefficient (Wildman–Crippen LogP) is 5.41. The summed E-state index contributed by atoms with van der Waals surface area (Å²) in [5, 5.41) is 3.87. The second kappa shape index (κ2) is 10.0. The van der Waals surface area contributed by atoms with Crippen LogP contribution in [0.5, 0.6) is 0 Å². The van der Waals surface area contributed by atoms with E-state index in [1.54, 1.807) is 36.4 Å². The number of amides is 1. The van der Waals surface area contributed by atoms with E-state index < -0.39 is 15.9 Å². The minimum atomic E-state index is -3.75. The van der Waals surface area contributed by atoms with Crippen molar-refractivity contribution >= 4 is 43.8 Å². The van der Waals surface area contributed by atoms with Gasteiger partial charge in [-0.15, -0.1) is 0 Å². The van der Waals surface area contributed by atoms with Crippen molar-refractivity contribution in [3.8, 4) is 11.3 Å². The van der Waals surface area contributed by atoms with Crippen LogP contribution in [0, 0.1) is 5.82 Å². The molecule has 0 radical (unpaired) electrons. The average molecular weight is 542 g/mol. The van der Waals surface area contributed by atoms with E-state index in [0.29, 0.717) is 22.8 Å². The Morgan fingerprint density at radius 2 is 1.59 bits per heavy atom. The topological polar surface area (TPSA) is 101 Å². The molecule has 0 bridgehead atoms. The molecular formula is C24H17BrFN3O4S. The number of hydrogen-bond acceptors (Lipinski definition) is 5. The number of hydrogen-bond donors (Lipinski definition) is 2. The maximum atomic E-state index is 13.0. The van der Waals surface area contributed by atoms with Crippen molar-refractivity contribution in [1.29, 1.82) is 0 Å². The summed E-state index contributed by atoms with van der Waals surface area (Å²) in [6.45, 7) is 0. The zero-order chi connectivity index (χ0) is 24.1. The van der Waals surface area contributed by atoms with E-state index in [1.807, 2.05) is 0 Å². The Bertz CT molecular complexity index is 1430. The van der Waals surface area contributed by atoms with Crippen LogP contribution in [0.2, 0.25) is 0 Å².